The Hall–Kier alpha value is -2.21. The topological polar surface area (TPSA) is 59.2 Å². The molecule has 0 spiro atoms. The van der Waals surface area contributed by atoms with Crippen molar-refractivity contribution in [3.63, 3.8) is 0 Å². The van der Waals surface area contributed by atoms with E-state index in [2.05, 4.69) is 9.97 Å². The average molecular weight is 329 g/mol. The van der Waals surface area contributed by atoms with Crippen LogP contribution < -0.4 is 0 Å². The lowest BCUT2D eigenvalue weighted by Crippen LogP contribution is -2.25. The summed E-state index contributed by atoms with van der Waals surface area (Å²) in [6.07, 6.45) is 0. The van der Waals surface area contributed by atoms with Gasteiger partial charge in [-0.25, -0.2) is 9.97 Å². The number of fused-ring (bicyclic) bond motifs is 1. The summed E-state index contributed by atoms with van der Waals surface area (Å²) in [6.45, 7) is 8.13. The fourth-order valence-electron chi connectivity index (χ4n) is 2.73. The zero-order valence-corrected chi connectivity index (χ0v) is 14.7. The Morgan fingerprint density at radius 3 is 2.61 bits per heavy atom. The largest absolute Gasteiger partial charge is 0.464 e. The van der Waals surface area contributed by atoms with Gasteiger partial charge in [0, 0.05) is 18.1 Å². The van der Waals surface area contributed by atoms with Gasteiger partial charge >= 0.3 is 0 Å². The number of aryl methyl sites for hydroxylation is 4. The SMILES string of the molecule is Cc1nc(C)c2c(C)c(C(=O)N(C)Cc3ccc(C)o3)sc2n1. The summed E-state index contributed by atoms with van der Waals surface area (Å²) < 4.78 is 5.55. The Balaban J connectivity index is 1.94. The summed E-state index contributed by atoms with van der Waals surface area (Å²) in [6, 6.07) is 3.80. The Morgan fingerprint density at radius 1 is 1.22 bits per heavy atom. The highest BCUT2D eigenvalue weighted by Crippen LogP contribution is 2.32. The van der Waals surface area contributed by atoms with Crippen molar-refractivity contribution in [3.8, 4) is 0 Å². The second-order valence-corrected chi connectivity index (χ2v) is 6.77. The van der Waals surface area contributed by atoms with Crippen LogP contribution in [0, 0.1) is 27.7 Å². The molecule has 0 unspecified atom stereocenters. The number of thiophene rings is 1. The van der Waals surface area contributed by atoms with Gasteiger partial charge in [-0.3, -0.25) is 4.79 Å². The van der Waals surface area contributed by atoms with Crippen molar-refractivity contribution in [2.24, 2.45) is 0 Å². The highest BCUT2D eigenvalue weighted by atomic mass is 32.1. The first-order chi connectivity index (χ1) is 10.9. The predicted molar refractivity (Wildman–Crippen MR) is 90.9 cm³/mol. The van der Waals surface area contributed by atoms with Crippen molar-refractivity contribution < 1.29 is 9.21 Å². The van der Waals surface area contributed by atoms with Crippen LogP contribution in [0.25, 0.3) is 10.2 Å². The number of nitrogens with zero attached hydrogens (tertiary/aromatic N) is 3. The van der Waals surface area contributed by atoms with Crippen molar-refractivity contribution >= 4 is 27.5 Å². The van der Waals surface area contributed by atoms with E-state index in [4.69, 9.17) is 4.42 Å². The number of hydrogen-bond acceptors (Lipinski definition) is 5. The minimum absolute atomic E-state index is 0.0170. The third-order valence-corrected chi connectivity index (χ3v) is 4.99. The van der Waals surface area contributed by atoms with Gasteiger partial charge in [0.2, 0.25) is 0 Å². The molecule has 0 aromatic carbocycles. The van der Waals surface area contributed by atoms with E-state index in [0.717, 1.165) is 38.8 Å². The lowest BCUT2D eigenvalue weighted by atomic mass is 10.1. The van der Waals surface area contributed by atoms with Crippen LogP contribution in [-0.4, -0.2) is 27.8 Å². The van der Waals surface area contributed by atoms with Gasteiger partial charge in [0.05, 0.1) is 11.4 Å². The highest BCUT2D eigenvalue weighted by molar-refractivity contribution is 7.20. The smallest absolute Gasteiger partial charge is 0.264 e. The second kappa shape index (κ2) is 5.77. The van der Waals surface area contributed by atoms with Gasteiger partial charge in [0.25, 0.3) is 5.91 Å². The molecule has 120 valence electrons. The summed E-state index contributed by atoms with van der Waals surface area (Å²) in [5.74, 6) is 2.34. The molecule has 6 heteroatoms. The Bertz CT molecular complexity index is 895. The molecule has 3 heterocycles. The normalized spacial score (nSPS) is 11.2. The molecule has 3 rings (SSSR count). The van der Waals surface area contributed by atoms with Crippen molar-refractivity contribution in [1.82, 2.24) is 14.9 Å². The van der Waals surface area contributed by atoms with E-state index >= 15 is 0 Å². The molecule has 3 aromatic rings. The summed E-state index contributed by atoms with van der Waals surface area (Å²) in [7, 11) is 1.79. The van der Waals surface area contributed by atoms with Crippen LogP contribution in [-0.2, 0) is 6.54 Å². The zero-order valence-electron chi connectivity index (χ0n) is 13.9. The van der Waals surface area contributed by atoms with E-state index in [1.807, 2.05) is 39.8 Å². The van der Waals surface area contributed by atoms with Crippen molar-refractivity contribution in [2.45, 2.75) is 34.2 Å². The molecule has 0 fully saturated rings. The molecular weight excluding hydrogens is 310 g/mol. The maximum absolute atomic E-state index is 12.8. The highest BCUT2D eigenvalue weighted by Gasteiger charge is 2.22. The van der Waals surface area contributed by atoms with Crippen LogP contribution in [0.1, 0.15) is 38.3 Å². The molecule has 3 aromatic heterocycles. The number of aromatic nitrogens is 2. The molecule has 1 amide bonds. The van der Waals surface area contributed by atoms with Crippen molar-refractivity contribution in [1.29, 1.82) is 0 Å². The molecule has 0 saturated carbocycles. The second-order valence-electron chi connectivity index (χ2n) is 5.77. The molecule has 23 heavy (non-hydrogen) atoms. The summed E-state index contributed by atoms with van der Waals surface area (Å²) in [4.78, 5) is 24.9. The first kappa shape index (κ1) is 15.7. The number of carbonyl (C=O) groups excluding carboxylic acids is 1. The van der Waals surface area contributed by atoms with Gasteiger partial charge in [-0.2, -0.15) is 0 Å². The van der Waals surface area contributed by atoms with Gasteiger partial charge in [-0.15, -0.1) is 11.3 Å². The summed E-state index contributed by atoms with van der Waals surface area (Å²) in [5.41, 5.74) is 1.87. The van der Waals surface area contributed by atoms with E-state index in [1.54, 1.807) is 11.9 Å². The molecular formula is C17H19N3O2S. The third-order valence-electron chi connectivity index (χ3n) is 3.81. The van der Waals surface area contributed by atoms with Crippen LogP contribution >= 0.6 is 11.3 Å². The van der Waals surface area contributed by atoms with Crippen molar-refractivity contribution in [3.05, 3.63) is 45.6 Å². The lowest BCUT2D eigenvalue weighted by Gasteiger charge is -2.15. The molecule has 0 atom stereocenters. The van der Waals surface area contributed by atoms with Crippen LogP contribution in [0.2, 0.25) is 0 Å². The Labute approximate surface area is 139 Å². The molecule has 0 aliphatic rings. The van der Waals surface area contributed by atoms with Gasteiger partial charge in [-0.05, 0) is 45.4 Å². The first-order valence-electron chi connectivity index (χ1n) is 7.42. The predicted octanol–water partition coefficient (Wildman–Crippen LogP) is 3.79. The monoisotopic (exact) mass is 329 g/mol. The van der Waals surface area contributed by atoms with Gasteiger partial charge in [-0.1, -0.05) is 0 Å². The third kappa shape index (κ3) is 2.86. The molecule has 0 bridgehead atoms. The fourth-order valence-corrected chi connectivity index (χ4v) is 4.00. The average Bonchev–Trinajstić information content (AvgIpc) is 3.01. The number of hydrogen-bond donors (Lipinski definition) is 0. The molecule has 5 nitrogen and oxygen atoms in total. The minimum Gasteiger partial charge on any atom is -0.464 e. The van der Waals surface area contributed by atoms with E-state index in [-0.39, 0.29) is 5.91 Å². The van der Waals surface area contributed by atoms with Gasteiger partial charge in [0.15, 0.2) is 0 Å². The van der Waals surface area contributed by atoms with Crippen LogP contribution in [0.3, 0.4) is 0 Å². The Kier molecular flexibility index (Phi) is 3.93. The summed E-state index contributed by atoms with van der Waals surface area (Å²) in [5, 5.41) is 0.992. The van der Waals surface area contributed by atoms with Crippen LogP contribution in [0.4, 0.5) is 0 Å². The van der Waals surface area contributed by atoms with Gasteiger partial charge < -0.3 is 9.32 Å². The zero-order chi connectivity index (χ0) is 16.7. The lowest BCUT2D eigenvalue weighted by molar-refractivity contribution is 0.0779. The molecule has 0 saturated heterocycles. The summed E-state index contributed by atoms with van der Waals surface area (Å²) >= 11 is 1.43. The van der Waals surface area contributed by atoms with Crippen molar-refractivity contribution in [2.75, 3.05) is 7.05 Å². The number of furan rings is 1. The molecule has 0 aliphatic heterocycles. The van der Waals surface area contributed by atoms with E-state index in [9.17, 15) is 4.79 Å². The quantitative estimate of drug-likeness (QED) is 0.733. The number of carbonyl (C=O) groups is 1. The molecule has 0 aliphatic carbocycles. The van der Waals surface area contributed by atoms with E-state index < -0.39 is 0 Å². The maximum atomic E-state index is 12.8. The minimum atomic E-state index is -0.0170. The van der Waals surface area contributed by atoms with Crippen LogP contribution in [0.15, 0.2) is 16.5 Å². The number of amides is 1. The first-order valence-corrected chi connectivity index (χ1v) is 8.23. The van der Waals surface area contributed by atoms with E-state index in [0.29, 0.717) is 11.4 Å². The standard InChI is InChI=1S/C17H19N3O2S/c1-9-6-7-13(22-9)8-20(5)17(21)15-10(2)14-11(3)18-12(4)19-16(14)23-15/h6-7H,8H2,1-5H3. The maximum Gasteiger partial charge on any atom is 0.264 e. The fraction of sp³-hybridized carbons (Fsp3) is 0.353. The van der Waals surface area contributed by atoms with Gasteiger partial charge in [0.1, 0.15) is 22.2 Å². The van der Waals surface area contributed by atoms with E-state index in [1.165, 1.54) is 11.3 Å². The van der Waals surface area contributed by atoms with Crippen LogP contribution in [0.5, 0.6) is 0 Å². The number of rotatable bonds is 3. The molecule has 0 radical (unpaired) electrons. The molecule has 0 N–H and O–H groups in total. The Morgan fingerprint density at radius 2 is 1.96 bits per heavy atom.